The number of ether oxygens (including phenoxy) is 2. The molecule has 0 saturated carbocycles. The number of fused-ring (bicyclic) bond motifs is 1. The van der Waals surface area contributed by atoms with Crippen LogP contribution in [-0.4, -0.2) is 76.8 Å². The number of aryl methyl sites for hydroxylation is 1. The van der Waals surface area contributed by atoms with Gasteiger partial charge in [-0.25, -0.2) is 4.79 Å². The standard InChI is InChI=1S/C27H39N7O4/c1-3-4-17-38-26-30-24(28)23-25(31-26)34(27(36)29-23)12-7-5-6-11-32-13-15-33(16-14-32)21-10-8-9-20(18-21)19-22(35)37-2/h8-10,18H,3-7,11-17,19H2,1-2H3,(H,29,36)(H2,28,30,31). The molecule has 0 aliphatic carbocycles. The van der Waals surface area contributed by atoms with Crippen LogP contribution in [0.3, 0.4) is 0 Å². The first-order valence-corrected chi connectivity index (χ1v) is 13.5. The quantitative estimate of drug-likeness (QED) is 0.255. The maximum absolute atomic E-state index is 12.5. The van der Waals surface area contributed by atoms with E-state index in [1.54, 1.807) is 4.57 Å². The molecule has 11 heteroatoms. The number of esters is 1. The minimum Gasteiger partial charge on any atom is -0.469 e. The molecule has 0 radical (unpaired) electrons. The summed E-state index contributed by atoms with van der Waals surface area (Å²) < 4.78 is 12.0. The van der Waals surface area contributed by atoms with Gasteiger partial charge in [-0.05, 0) is 43.5 Å². The van der Waals surface area contributed by atoms with Crippen LogP contribution in [-0.2, 0) is 22.5 Å². The van der Waals surface area contributed by atoms with Crippen LogP contribution in [0.25, 0.3) is 11.2 Å². The molecule has 2 aromatic heterocycles. The van der Waals surface area contributed by atoms with Crippen molar-refractivity contribution in [2.45, 2.75) is 52.0 Å². The van der Waals surface area contributed by atoms with Crippen molar-refractivity contribution in [1.29, 1.82) is 0 Å². The van der Waals surface area contributed by atoms with Crippen LogP contribution in [0.5, 0.6) is 6.01 Å². The fourth-order valence-corrected chi connectivity index (χ4v) is 4.72. The summed E-state index contributed by atoms with van der Waals surface area (Å²) in [5, 5.41) is 0. The van der Waals surface area contributed by atoms with E-state index in [0.29, 0.717) is 30.7 Å². The van der Waals surface area contributed by atoms with Crippen molar-refractivity contribution in [3.05, 3.63) is 40.3 Å². The molecular formula is C27H39N7O4. The summed E-state index contributed by atoms with van der Waals surface area (Å²) in [4.78, 5) is 40.4. The molecule has 3 heterocycles. The fraction of sp³-hybridized carbons (Fsp3) is 0.556. The van der Waals surface area contributed by atoms with E-state index in [1.807, 2.05) is 12.1 Å². The van der Waals surface area contributed by atoms with Crippen molar-refractivity contribution in [3.63, 3.8) is 0 Å². The maximum Gasteiger partial charge on any atom is 0.327 e. The van der Waals surface area contributed by atoms with Gasteiger partial charge >= 0.3 is 17.7 Å². The first-order chi connectivity index (χ1) is 18.5. The lowest BCUT2D eigenvalue weighted by Gasteiger charge is -2.36. The molecule has 3 aromatic rings. The van der Waals surface area contributed by atoms with Crippen molar-refractivity contribution in [2.24, 2.45) is 0 Å². The van der Waals surface area contributed by atoms with Gasteiger partial charge in [0.25, 0.3) is 0 Å². The van der Waals surface area contributed by atoms with Gasteiger partial charge in [-0.2, -0.15) is 9.97 Å². The van der Waals surface area contributed by atoms with Crippen LogP contribution in [0.15, 0.2) is 29.1 Å². The summed E-state index contributed by atoms with van der Waals surface area (Å²) in [5.41, 5.74) is 8.91. The molecule has 3 N–H and O–H groups in total. The van der Waals surface area contributed by atoms with E-state index < -0.39 is 0 Å². The Morgan fingerprint density at radius 3 is 2.63 bits per heavy atom. The molecule has 0 atom stereocenters. The molecule has 0 amide bonds. The van der Waals surface area contributed by atoms with E-state index in [2.05, 4.69) is 43.8 Å². The summed E-state index contributed by atoms with van der Waals surface area (Å²) in [6.45, 7) is 8.11. The summed E-state index contributed by atoms with van der Waals surface area (Å²) in [6, 6.07) is 8.36. The molecule has 1 saturated heterocycles. The molecular weight excluding hydrogens is 486 g/mol. The number of aromatic nitrogens is 4. The molecule has 4 rings (SSSR count). The number of unbranched alkanes of at least 4 members (excludes halogenated alkanes) is 3. The van der Waals surface area contributed by atoms with Crippen molar-refractivity contribution in [3.8, 4) is 6.01 Å². The number of piperazine rings is 1. The minimum absolute atomic E-state index is 0.213. The number of nitrogens with two attached hydrogens (primary N) is 1. The summed E-state index contributed by atoms with van der Waals surface area (Å²) in [7, 11) is 1.42. The number of methoxy groups -OCH3 is 1. The third-order valence-electron chi connectivity index (χ3n) is 6.94. The Bertz CT molecular complexity index is 1260. The largest absolute Gasteiger partial charge is 0.469 e. The van der Waals surface area contributed by atoms with Crippen LogP contribution >= 0.6 is 0 Å². The number of hydrogen-bond acceptors (Lipinski definition) is 9. The Kier molecular flexibility index (Phi) is 9.58. The summed E-state index contributed by atoms with van der Waals surface area (Å²) in [6.07, 6.45) is 5.15. The number of benzene rings is 1. The van der Waals surface area contributed by atoms with Crippen LogP contribution in [0, 0.1) is 0 Å². The van der Waals surface area contributed by atoms with Crippen molar-refractivity contribution >= 4 is 28.6 Å². The number of imidazole rings is 1. The molecule has 0 bridgehead atoms. The molecule has 1 aromatic carbocycles. The maximum atomic E-state index is 12.5. The molecule has 38 heavy (non-hydrogen) atoms. The van der Waals surface area contributed by atoms with E-state index in [4.69, 9.17) is 15.2 Å². The monoisotopic (exact) mass is 525 g/mol. The second-order valence-corrected chi connectivity index (χ2v) is 9.69. The molecule has 11 nitrogen and oxygen atoms in total. The Balaban J connectivity index is 1.22. The number of nitrogens with one attached hydrogen (secondary N) is 1. The van der Waals surface area contributed by atoms with Gasteiger partial charge in [-0.1, -0.05) is 31.9 Å². The highest BCUT2D eigenvalue weighted by Gasteiger charge is 2.18. The number of nitrogens with zero attached hydrogens (tertiary/aromatic N) is 5. The summed E-state index contributed by atoms with van der Waals surface area (Å²) in [5.74, 6) is 0.00629. The topological polar surface area (TPSA) is 132 Å². The van der Waals surface area contributed by atoms with Gasteiger partial charge < -0.3 is 25.1 Å². The van der Waals surface area contributed by atoms with Crippen molar-refractivity contribution in [1.82, 2.24) is 24.4 Å². The normalized spacial score (nSPS) is 14.2. The molecule has 1 aliphatic heterocycles. The molecule has 1 fully saturated rings. The van der Waals surface area contributed by atoms with Crippen molar-refractivity contribution < 1.29 is 14.3 Å². The molecule has 0 unspecified atom stereocenters. The zero-order chi connectivity index (χ0) is 26.9. The number of anilines is 2. The number of aromatic amines is 1. The lowest BCUT2D eigenvalue weighted by Crippen LogP contribution is -2.46. The van der Waals surface area contributed by atoms with Crippen LogP contribution in [0.2, 0.25) is 0 Å². The zero-order valence-corrected chi connectivity index (χ0v) is 22.4. The van der Waals surface area contributed by atoms with Crippen LogP contribution in [0.1, 0.15) is 44.6 Å². The smallest absolute Gasteiger partial charge is 0.327 e. The van der Waals surface area contributed by atoms with E-state index in [-0.39, 0.29) is 23.5 Å². The number of carbonyl (C=O) groups excluding carboxylic acids is 1. The van der Waals surface area contributed by atoms with Gasteiger partial charge in [0.05, 0.1) is 20.1 Å². The van der Waals surface area contributed by atoms with E-state index >= 15 is 0 Å². The summed E-state index contributed by atoms with van der Waals surface area (Å²) >= 11 is 0. The number of carbonyl (C=O) groups is 1. The third kappa shape index (κ3) is 7.03. The predicted molar refractivity (Wildman–Crippen MR) is 148 cm³/mol. The Morgan fingerprint density at radius 1 is 1.08 bits per heavy atom. The third-order valence-corrected chi connectivity index (χ3v) is 6.94. The average molecular weight is 526 g/mol. The second-order valence-electron chi connectivity index (χ2n) is 9.69. The molecule has 0 spiro atoms. The Labute approximate surface area is 222 Å². The lowest BCUT2D eigenvalue weighted by molar-refractivity contribution is -0.139. The van der Waals surface area contributed by atoms with Crippen molar-refractivity contribution in [2.75, 3.05) is 57.1 Å². The van der Waals surface area contributed by atoms with E-state index in [9.17, 15) is 9.59 Å². The molecule has 206 valence electrons. The highest BCUT2D eigenvalue weighted by atomic mass is 16.5. The Hall–Kier alpha value is -3.60. The lowest BCUT2D eigenvalue weighted by atomic mass is 10.1. The number of nitrogen functional groups attached to an aromatic ring is 1. The Morgan fingerprint density at radius 2 is 1.87 bits per heavy atom. The van der Waals surface area contributed by atoms with Gasteiger partial charge in [0.15, 0.2) is 11.5 Å². The SMILES string of the molecule is CCCCOc1nc(N)c2[nH]c(=O)n(CCCCCN3CCN(c4cccc(CC(=O)OC)c4)CC3)c2n1. The first kappa shape index (κ1) is 27.4. The van der Waals surface area contributed by atoms with Gasteiger partial charge in [0.1, 0.15) is 5.52 Å². The van der Waals surface area contributed by atoms with Gasteiger partial charge in [0, 0.05) is 38.4 Å². The number of hydrogen-bond donors (Lipinski definition) is 2. The van der Waals surface area contributed by atoms with Gasteiger partial charge in [-0.3, -0.25) is 14.3 Å². The van der Waals surface area contributed by atoms with E-state index in [1.165, 1.54) is 7.11 Å². The van der Waals surface area contributed by atoms with Crippen LogP contribution < -0.4 is 21.1 Å². The van der Waals surface area contributed by atoms with E-state index in [0.717, 1.165) is 76.1 Å². The predicted octanol–water partition coefficient (Wildman–Crippen LogP) is 2.59. The minimum atomic E-state index is -0.224. The second kappa shape index (κ2) is 13.3. The number of H-pyrrole nitrogens is 1. The first-order valence-electron chi connectivity index (χ1n) is 13.5. The highest BCUT2D eigenvalue weighted by molar-refractivity contribution is 5.81. The van der Waals surface area contributed by atoms with Crippen LogP contribution in [0.4, 0.5) is 11.5 Å². The fourth-order valence-electron chi connectivity index (χ4n) is 4.72. The van der Waals surface area contributed by atoms with Gasteiger partial charge in [0.2, 0.25) is 0 Å². The number of rotatable bonds is 13. The highest BCUT2D eigenvalue weighted by Crippen LogP contribution is 2.20. The zero-order valence-electron chi connectivity index (χ0n) is 22.4. The molecule has 1 aliphatic rings. The van der Waals surface area contributed by atoms with Gasteiger partial charge in [-0.15, -0.1) is 0 Å². The average Bonchev–Trinajstić information content (AvgIpc) is 3.24.